The standard InChI is InChI=1S/C16H21ClN2O3/c1-18-15(20)12-4-3-7-19(9-12)10-13-8-11(16(21)22-2)5-6-14(13)17/h5-6,8,12H,3-4,7,9-10H2,1-2H3,(H,18,20). The molecule has 120 valence electrons. The van der Waals surface area contributed by atoms with Gasteiger partial charge in [0, 0.05) is 25.2 Å². The summed E-state index contributed by atoms with van der Waals surface area (Å²) >= 11 is 6.23. The van der Waals surface area contributed by atoms with Gasteiger partial charge >= 0.3 is 5.97 Å². The lowest BCUT2D eigenvalue weighted by atomic mass is 9.96. The van der Waals surface area contributed by atoms with Crippen LogP contribution in [0.15, 0.2) is 18.2 Å². The zero-order chi connectivity index (χ0) is 16.1. The average Bonchev–Trinajstić information content (AvgIpc) is 2.55. The molecule has 1 aliphatic rings. The maximum Gasteiger partial charge on any atom is 0.337 e. The Bertz CT molecular complexity index is 562. The molecule has 1 aliphatic heterocycles. The summed E-state index contributed by atoms with van der Waals surface area (Å²) in [4.78, 5) is 25.6. The number of piperidine rings is 1. The Morgan fingerprint density at radius 3 is 2.91 bits per heavy atom. The summed E-state index contributed by atoms with van der Waals surface area (Å²) in [7, 11) is 3.02. The Labute approximate surface area is 135 Å². The molecule has 0 aliphatic carbocycles. The molecule has 5 nitrogen and oxygen atoms in total. The first kappa shape index (κ1) is 16.8. The van der Waals surface area contributed by atoms with Crippen molar-refractivity contribution in [3.05, 3.63) is 34.3 Å². The van der Waals surface area contributed by atoms with Crippen molar-refractivity contribution in [2.24, 2.45) is 5.92 Å². The van der Waals surface area contributed by atoms with Gasteiger partial charge in [0.25, 0.3) is 0 Å². The summed E-state index contributed by atoms with van der Waals surface area (Å²) < 4.78 is 4.74. The molecule has 1 heterocycles. The number of ether oxygens (including phenoxy) is 1. The van der Waals surface area contributed by atoms with E-state index in [2.05, 4.69) is 10.2 Å². The topological polar surface area (TPSA) is 58.6 Å². The highest BCUT2D eigenvalue weighted by molar-refractivity contribution is 6.31. The Balaban J connectivity index is 2.09. The number of hydrogen-bond acceptors (Lipinski definition) is 4. The van der Waals surface area contributed by atoms with Crippen LogP contribution >= 0.6 is 11.6 Å². The summed E-state index contributed by atoms with van der Waals surface area (Å²) in [6, 6.07) is 5.13. The van der Waals surface area contributed by atoms with Crippen LogP contribution in [0.25, 0.3) is 0 Å². The van der Waals surface area contributed by atoms with Crippen molar-refractivity contribution >= 4 is 23.5 Å². The fraction of sp³-hybridized carbons (Fsp3) is 0.500. The highest BCUT2D eigenvalue weighted by atomic mass is 35.5. The van der Waals surface area contributed by atoms with E-state index >= 15 is 0 Å². The average molecular weight is 325 g/mol. The normalized spacial score (nSPS) is 18.8. The van der Waals surface area contributed by atoms with Crippen LogP contribution in [0.5, 0.6) is 0 Å². The summed E-state index contributed by atoms with van der Waals surface area (Å²) in [5, 5.41) is 3.33. The molecule has 6 heteroatoms. The van der Waals surface area contributed by atoms with Gasteiger partial charge in [-0.1, -0.05) is 11.6 Å². The van der Waals surface area contributed by atoms with E-state index in [9.17, 15) is 9.59 Å². The highest BCUT2D eigenvalue weighted by Gasteiger charge is 2.25. The predicted molar refractivity (Wildman–Crippen MR) is 84.9 cm³/mol. The molecule has 1 amide bonds. The van der Waals surface area contributed by atoms with E-state index in [-0.39, 0.29) is 17.8 Å². The lowest BCUT2D eigenvalue weighted by Crippen LogP contribution is -2.41. The van der Waals surface area contributed by atoms with E-state index < -0.39 is 0 Å². The van der Waals surface area contributed by atoms with E-state index in [1.807, 2.05) is 0 Å². The van der Waals surface area contributed by atoms with Gasteiger partial charge in [0.05, 0.1) is 18.6 Å². The molecule has 0 saturated carbocycles. The molecule has 22 heavy (non-hydrogen) atoms. The molecule has 0 aromatic heterocycles. The molecule has 0 radical (unpaired) electrons. The minimum Gasteiger partial charge on any atom is -0.465 e. The van der Waals surface area contributed by atoms with Crippen LogP contribution in [-0.4, -0.2) is 44.0 Å². The molecular formula is C16H21ClN2O3. The summed E-state index contributed by atoms with van der Waals surface area (Å²) in [5.41, 5.74) is 1.36. The number of likely N-dealkylation sites (tertiary alicyclic amines) is 1. The van der Waals surface area contributed by atoms with E-state index in [1.54, 1.807) is 25.2 Å². The van der Waals surface area contributed by atoms with Gasteiger partial charge in [0.1, 0.15) is 0 Å². The fourth-order valence-corrected chi connectivity index (χ4v) is 2.98. The van der Waals surface area contributed by atoms with Crippen LogP contribution < -0.4 is 5.32 Å². The smallest absolute Gasteiger partial charge is 0.337 e. The van der Waals surface area contributed by atoms with E-state index in [0.29, 0.717) is 23.7 Å². The molecule has 1 N–H and O–H groups in total. The van der Waals surface area contributed by atoms with Crippen molar-refractivity contribution in [3.63, 3.8) is 0 Å². The van der Waals surface area contributed by atoms with Crippen LogP contribution in [0, 0.1) is 5.92 Å². The summed E-state index contributed by atoms with van der Waals surface area (Å²) in [6.07, 6.45) is 1.89. The predicted octanol–water partition coefficient (Wildman–Crippen LogP) is 2.08. The number of esters is 1. The molecule has 1 atom stereocenters. The number of nitrogens with zero attached hydrogens (tertiary/aromatic N) is 1. The molecule has 1 fully saturated rings. The van der Waals surface area contributed by atoms with Crippen LogP contribution in [-0.2, 0) is 16.1 Å². The fourth-order valence-electron chi connectivity index (χ4n) is 2.80. The molecule has 0 spiro atoms. The molecule has 0 bridgehead atoms. The number of carbonyl (C=O) groups is 2. The summed E-state index contributed by atoms with van der Waals surface area (Å²) in [6.45, 7) is 2.25. The van der Waals surface area contributed by atoms with Crippen LogP contribution in [0.3, 0.4) is 0 Å². The zero-order valence-electron chi connectivity index (χ0n) is 12.9. The second-order valence-corrected chi connectivity index (χ2v) is 5.89. The van der Waals surface area contributed by atoms with Gasteiger partial charge in [0.2, 0.25) is 5.91 Å². The van der Waals surface area contributed by atoms with E-state index in [4.69, 9.17) is 16.3 Å². The maximum atomic E-state index is 11.8. The van der Waals surface area contributed by atoms with Gasteiger partial charge in [-0.25, -0.2) is 4.79 Å². The van der Waals surface area contributed by atoms with Crippen LogP contribution in [0.2, 0.25) is 5.02 Å². The van der Waals surface area contributed by atoms with E-state index in [1.165, 1.54) is 7.11 Å². The van der Waals surface area contributed by atoms with Gasteiger partial charge < -0.3 is 10.1 Å². The largest absolute Gasteiger partial charge is 0.465 e. The number of carbonyl (C=O) groups excluding carboxylic acids is 2. The monoisotopic (exact) mass is 324 g/mol. The lowest BCUT2D eigenvalue weighted by molar-refractivity contribution is -0.126. The van der Waals surface area contributed by atoms with Crippen molar-refractivity contribution in [2.75, 3.05) is 27.2 Å². The quantitative estimate of drug-likeness (QED) is 0.862. The van der Waals surface area contributed by atoms with Gasteiger partial charge in [-0.2, -0.15) is 0 Å². The number of amides is 1. The molecular weight excluding hydrogens is 304 g/mol. The second kappa shape index (κ2) is 7.61. The summed E-state index contributed by atoms with van der Waals surface area (Å²) in [5.74, 6) is -0.278. The van der Waals surface area contributed by atoms with Gasteiger partial charge in [0.15, 0.2) is 0 Å². The third-order valence-corrected chi connectivity index (χ3v) is 4.35. The Hall–Kier alpha value is -1.59. The van der Waals surface area contributed by atoms with Gasteiger partial charge in [-0.15, -0.1) is 0 Å². The Kier molecular flexibility index (Phi) is 5.80. The molecule has 1 saturated heterocycles. The third-order valence-electron chi connectivity index (χ3n) is 3.98. The number of benzene rings is 1. The van der Waals surface area contributed by atoms with Gasteiger partial charge in [-0.05, 0) is 43.1 Å². The molecule has 2 rings (SSSR count). The van der Waals surface area contributed by atoms with Crippen molar-refractivity contribution in [3.8, 4) is 0 Å². The van der Waals surface area contributed by atoms with Gasteiger partial charge in [-0.3, -0.25) is 9.69 Å². The Morgan fingerprint density at radius 1 is 1.45 bits per heavy atom. The highest BCUT2D eigenvalue weighted by Crippen LogP contribution is 2.23. The van der Waals surface area contributed by atoms with Crippen LogP contribution in [0.1, 0.15) is 28.8 Å². The molecule has 1 aromatic carbocycles. The van der Waals surface area contributed by atoms with Crippen LogP contribution in [0.4, 0.5) is 0 Å². The van der Waals surface area contributed by atoms with Crippen molar-refractivity contribution in [1.82, 2.24) is 10.2 Å². The van der Waals surface area contributed by atoms with Crippen molar-refractivity contribution in [1.29, 1.82) is 0 Å². The minimum atomic E-state index is -0.375. The third kappa shape index (κ3) is 3.99. The SMILES string of the molecule is CNC(=O)C1CCCN(Cc2cc(C(=O)OC)ccc2Cl)C1. The number of nitrogens with one attached hydrogen (secondary N) is 1. The first-order valence-electron chi connectivity index (χ1n) is 7.36. The minimum absolute atomic E-state index is 0.0151. The van der Waals surface area contributed by atoms with E-state index in [0.717, 1.165) is 24.9 Å². The second-order valence-electron chi connectivity index (χ2n) is 5.49. The zero-order valence-corrected chi connectivity index (χ0v) is 13.7. The number of hydrogen-bond donors (Lipinski definition) is 1. The lowest BCUT2D eigenvalue weighted by Gasteiger charge is -2.32. The number of halogens is 1. The van der Waals surface area contributed by atoms with Crippen molar-refractivity contribution in [2.45, 2.75) is 19.4 Å². The molecule has 1 unspecified atom stereocenters. The Morgan fingerprint density at radius 2 is 2.23 bits per heavy atom. The first-order valence-corrected chi connectivity index (χ1v) is 7.73. The maximum absolute atomic E-state index is 11.8. The van der Waals surface area contributed by atoms with Crippen molar-refractivity contribution < 1.29 is 14.3 Å². The molecule has 1 aromatic rings. The number of rotatable bonds is 4. The number of methoxy groups -OCH3 is 1. The first-order chi connectivity index (χ1) is 10.5.